The lowest BCUT2D eigenvalue weighted by Crippen LogP contribution is -2.37. The molecule has 1 saturated heterocycles. The number of alkyl halides is 1. The second-order valence-corrected chi connectivity index (χ2v) is 8.16. The third-order valence-electron chi connectivity index (χ3n) is 6.09. The van der Waals surface area contributed by atoms with E-state index < -0.39 is 6.17 Å². The summed E-state index contributed by atoms with van der Waals surface area (Å²) in [5.74, 6) is 0.406. The number of carbonyl (C=O) groups is 1. The van der Waals surface area contributed by atoms with Gasteiger partial charge in [-0.15, -0.1) is 5.10 Å². The first-order chi connectivity index (χ1) is 14.6. The van der Waals surface area contributed by atoms with Gasteiger partial charge in [0.2, 0.25) is 0 Å². The van der Waals surface area contributed by atoms with Gasteiger partial charge in [-0.2, -0.15) is 0 Å². The number of nitrogens with zero attached hydrogens (tertiary/aromatic N) is 4. The van der Waals surface area contributed by atoms with E-state index in [1.165, 1.54) is 12.3 Å². The smallest absolute Gasteiger partial charge is 0.271 e. The number of benzene rings is 1. The van der Waals surface area contributed by atoms with Crippen molar-refractivity contribution in [1.29, 1.82) is 0 Å². The molecule has 1 aromatic carbocycles. The predicted octanol–water partition coefficient (Wildman–Crippen LogP) is 3.69. The summed E-state index contributed by atoms with van der Waals surface area (Å²) in [4.78, 5) is 19.1. The van der Waals surface area contributed by atoms with Crippen molar-refractivity contribution in [2.45, 2.75) is 37.9 Å². The molecule has 2 aliphatic rings. The molecule has 0 bridgehead atoms. The van der Waals surface area contributed by atoms with Crippen LogP contribution in [0.15, 0.2) is 42.6 Å². The number of amides is 1. The Morgan fingerprint density at radius 1 is 1.23 bits per heavy atom. The van der Waals surface area contributed by atoms with Crippen LogP contribution < -0.4 is 10.2 Å². The predicted molar refractivity (Wildman–Crippen MR) is 109 cm³/mol. The van der Waals surface area contributed by atoms with Crippen molar-refractivity contribution >= 4 is 17.4 Å². The molecular formula is C22H23F2N5O. The molecule has 8 heteroatoms. The molecule has 1 aliphatic heterocycles. The van der Waals surface area contributed by atoms with E-state index in [0.29, 0.717) is 30.7 Å². The number of imidazole rings is 1. The zero-order chi connectivity index (χ0) is 20.7. The van der Waals surface area contributed by atoms with Gasteiger partial charge in [0, 0.05) is 13.1 Å². The molecule has 6 nitrogen and oxygen atoms in total. The number of hydrogen-bond acceptors (Lipinski definition) is 4. The number of halogens is 2. The first-order valence-corrected chi connectivity index (χ1v) is 10.4. The molecule has 1 unspecified atom stereocenters. The Bertz CT molecular complexity index is 1080. The number of nitrogens with one attached hydrogen (secondary N) is 1. The van der Waals surface area contributed by atoms with Crippen LogP contribution in [0.25, 0.3) is 5.65 Å². The fourth-order valence-electron chi connectivity index (χ4n) is 4.42. The number of aromatic nitrogens is 3. The fourth-order valence-corrected chi connectivity index (χ4v) is 4.42. The van der Waals surface area contributed by atoms with Gasteiger partial charge in [-0.05, 0) is 61.4 Å². The molecular weight excluding hydrogens is 388 g/mol. The molecule has 30 heavy (non-hydrogen) atoms. The first kappa shape index (κ1) is 19.0. The Kier molecular flexibility index (Phi) is 4.84. The van der Waals surface area contributed by atoms with Crippen LogP contribution in [-0.4, -0.2) is 39.8 Å². The maximum absolute atomic E-state index is 13.7. The van der Waals surface area contributed by atoms with E-state index in [-0.39, 0.29) is 23.7 Å². The normalized spacial score (nSPS) is 23.5. The monoisotopic (exact) mass is 411 g/mol. The maximum atomic E-state index is 13.7. The first-order valence-electron chi connectivity index (χ1n) is 10.4. The maximum Gasteiger partial charge on any atom is 0.271 e. The fraction of sp³-hybridized carbons (Fsp3) is 0.409. The van der Waals surface area contributed by atoms with Crippen LogP contribution >= 0.6 is 0 Å². The summed E-state index contributed by atoms with van der Waals surface area (Å²) in [6, 6.07) is 10.4. The zero-order valence-electron chi connectivity index (χ0n) is 16.5. The Labute approximate surface area is 172 Å². The molecule has 156 valence electrons. The van der Waals surface area contributed by atoms with Crippen LogP contribution in [0.3, 0.4) is 0 Å². The summed E-state index contributed by atoms with van der Waals surface area (Å²) in [5, 5.41) is 7.54. The standard InChI is InChI=1S/C22H23F2N5O/c23-16-4-1-3-15(11-16)18-5-2-8-28(18)21-7-6-20-25-13-19(29(20)27-21)22(30)26-12-14-9-17(24)10-14/h1,3-4,6-7,11,13-14,17-18H,2,5,8-10,12H2,(H,26,30). The van der Waals surface area contributed by atoms with Gasteiger partial charge in [-0.1, -0.05) is 12.1 Å². The van der Waals surface area contributed by atoms with Crippen molar-refractivity contribution in [3.8, 4) is 0 Å². The average molecular weight is 411 g/mol. The lowest BCUT2D eigenvalue weighted by molar-refractivity contribution is 0.0890. The van der Waals surface area contributed by atoms with E-state index in [4.69, 9.17) is 0 Å². The third kappa shape index (κ3) is 3.51. The van der Waals surface area contributed by atoms with Crippen LogP contribution in [-0.2, 0) is 0 Å². The van der Waals surface area contributed by atoms with E-state index in [0.717, 1.165) is 30.8 Å². The summed E-state index contributed by atoms with van der Waals surface area (Å²) in [7, 11) is 0. The Hall–Kier alpha value is -3.03. The van der Waals surface area contributed by atoms with Crippen LogP contribution in [0, 0.1) is 11.7 Å². The molecule has 3 aromatic rings. The molecule has 0 radical (unpaired) electrons. The van der Waals surface area contributed by atoms with Crippen LogP contribution in [0.4, 0.5) is 14.6 Å². The van der Waals surface area contributed by atoms with Crippen molar-refractivity contribution in [3.05, 3.63) is 59.7 Å². The minimum atomic E-state index is -0.738. The highest BCUT2D eigenvalue weighted by Crippen LogP contribution is 2.35. The lowest BCUT2D eigenvalue weighted by Gasteiger charge is -2.29. The van der Waals surface area contributed by atoms with Crippen molar-refractivity contribution < 1.29 is 13.6 Å². The number of anilines is 1. The van der Waals surface area contributed by atoms with Gasteiger partial charge in [-0.3, -0.25) is 4.79 Å². The zero-order valence-corrected chi connectivity index (χ0v) is 16.5. The molecule has 1 saturated carbocycles. The molecule has 1 N–H and O–H groups in total. The number of carbonyl (C=O) groups excluding carboxylic acids is 1. The van der Waals surface area contributed by atoms with Crippen molar-refractivity contribution in [2.24, 2.45) is 5.92 Å². The number of rotatable bonds is 5. The molecule has 2 aromatic heterocycles. The Morgan fingerprint density at radius 2 is 2.10 bits per heavy atom. The van der Waals surface area contributed by atoms with Crippen molar-refractivity contribution in [2.75, 3.05) is 18.0 Å². The second-order valence-electron chi connectivity index (χ2n) is 8.16. The molecule has 1 atom stereocenters. The topological polar surface area (TPSA) is 62.5 Å². The van der Waals surface area contributed by atoms with Gasteiger partial charge in [0.05, 0.1) is 12.2 Å². The van der Waals surface area contributed by atoms with Gasteiger partial charge >= 0.3 is 0 Å². The van der Waals surface area contributed by atoms with E-state index in [9.17, 15) is 13.6 Å². The minimum absolute atomic E-state index is 0.0405. The SMILES string of the molecule is O=C(NCC1CC(F)C1)c1cnc2ccc(N3CCCC3c3cccc(F)c3)nn12. The molecule has 2 fully saturated rings. The number of hydrogen-bond donors (Lipinski definition) is 1. The summed E-state index contributed by atoms with van der Waals surface area (Å²) >= 11 is 0. The summed E-state index contributed by atoms with van der Waals surface area (Å²) < 4.78 is 28.3. The molecule has 1 aliphatic carbocycles. The largest absolute Gasteiger partial charge is 0.350 e. The molecule has 0 spiro atoms. The minimum Gasteiger partial charge on any atom is -0.350 e. The Morgan fingerprint density at radius 3 is 2.90 bits per heavy atom. The van der Waals surface area contributed by atoms with E-state index in [2.05, 4.69) is 20.3 Å². The van der Waals surface area contributed by atoms with Gasteiger partial charge in [-0.25, -0.2) is 18.3 Å². The molecule has 5 rings (SSSR count). The van der Waals surface area contributed by atoms with Crippen LogP contribution in [0.2, 0.25) is 0 Å². The van der Waals surface area contributed by atoms with E-state index in [1.54, 1.807) is 16.6 Å². The highest BCUT2D eigenvalue weighted by atomic mass is 19.1. The summed E-state index contributed by atoms with van der Waals surface area (Å²) in [6.07, 6.45) is 3.68. The van der Waals surface area contributed by atoms with Gasteiger partial charge in [0.1, 0.15) is 17.8 Å². The number of fused-ring (bicyclic) bond motifs is 1. The van der Waals surface area contributed by atoms with Crippen molar-refractivity contribution in [1.82, 2.24) is 19.9 Å². The van der Waals surface area contributed by atoms with Gasteiger partial charge < -0.3 is 10.2 Å². The van der Waals surface area contributed by atoms with E-state index >= 15 is 0 Å². The van der Waals surface area contributed by atoms with Crippen molar-refractivity contribution in [3.63, 3.8) is 0 Å². The highest BCUT2D eigenvalue weighted by Gasteiger charge is 2.30. The summed E-state index contributed by atoms with van der Waals surface area (Å²) in [6.45, 7) is 1.27. The molecule has 1 amide bonds. The van der Waals surface area contributed by atoms with Gasteiger partial charge in [0.25, 0.3) is 5.91 Å². The average Bonchev–Trinajstić information content (AvgIpc) is 3.36. The van der Waals surface area contributed by atoms with Crippen LogP contribution in [0.1, 0.15) is 47.8 Å². The van der Waals surface area contributed by atoms with E-state index in [1.807, 2.05) is 18.2 Å². The second kappa shape index (κ2) is 7.66. The lowest BCUT2D eigenvalue weighted by atomic mass is 9.83. The highest BCUT2D eigenvalue weighted by molar-refractivity contribution is 5.93. The molecule has 3 heterocycles. The summed E-state index contributed by atoms with van der Waals surface area (Å²) in [5.41, 5.74) is 1.85. The van der Waals surface area contributed by atoms with Gasteiger partial charge in [0.15, 0.2) is 11.3 Å². The Balaban J connectivity index is 1.39. The quantitative estimate of drug-likeness (QED) is 0.696. The van der Waals surface area contributed by atoms with Crippen LogP contribution in [0.5, 0.6) is 0 Å². The third-order valence-corrected chi connectivity index (χ3v) is 6.09.